The predicted molar refractivity (Wildman–Crippen MR) is 171 cm³/mol. The maximum atomic E-state index is 13.8. The van der Waals surface area contributed by atoms with Crippen molar-refractivity contribution >= 4 is 26.7 Å². The monoisotopic (exact) mass is 609 g/mol. The fourth-order valence-electron chi connectivity index (χ4n) is 4.88. The van der Waals surface area contributed by atoms with Crippen molar-refractivity contribution in [2.75, 3.05) is 11.3 Å². The van der Waals surface area contributed by atoms with Crippen LogP contribution in [-0.4, -0.2) is 39.9 Å². The van der Waals surface area contributed by atoms with E-state index in [1.807, 2.05) is 75.3 Å². The molecule has 0 unspecified atom stereocenters. The van der Waals surface area contributed by atoms with Gasteiger partial charge in [0, 0.05) is 18.0 Å². The Bertz CT molecular complexity index is 1870. The van der Waals surface area contributed by atoms with E-state index < -0.39 is 26.4 Å². The normalized spacial score (nSPS) is 13.0. The van der Waals surface area contributed by atoms with Crippen LogP contribution < -0.4 is 15.0 Å². The summed E-state index contributed by atoms with van der Waals surface area (Å²) in [6, 6.07) is 7.97. The van der Waals surface area contributed by atoms with E-state index in [4.69, 9.17) is 9.72 Å². The number of aromatic nitrogens is 4. The van der Waals surface area contributed by atoms with Gasteiger partial charge in [-0.05, 0) is 47.6 Å². The Morgan fingerprint density at radius 2 is 1.63 bits per heavy atom. The Hall–Kier alpha value is -3.86. The molecule has 0 aliphatic carbocycles. The lowest BCUT2D eigenvalue weighted by atomic mass is 9.80. The van der Waals surface area contributed by atoms with Crippen molar-refractivity contribution in [1.82, 2.24) is 19.7 Å². The molecule has 3 N–H and O–H groups in total. The van der Waals surface area contributed by atoms with E-state index in [1.165, 1.54) is 22.9 Å². The van der Waals surface area contributed by atoms with Crippen molar-refractivity contribution in [2.24, 2.45) is 7.05 Å². The molecule has 2 heterocycles. The first-order valence-corrected chi connectivity index (χ1v) is 15.8. The number of rotatable bonds is 6. The third-order valence-electron chi connectivity index (χ3n) is 7.25. The molecule has 10 nitrogen and oxygen atoms in total. The molecule has 0 radical (unpaired) electrons. The van der Waals surface area contributed by atoms with Gasteiger partial charge < -0.3 is 14.8 Å². The van der Waals surface area contributed by atoms with Gasteiger partial charge in [0.2, 0.25) is 0 Å². The van der Waals surface area contributed by atoms with E-state index in [9.17, 15) is 18.3 Å². The molecule has 4 aromatic rings. The van der Waals surface area contributed by atoms with Crippen LogP contribution in [0.4, 0.5) is 5.69 Å². The van der Waals surface area contributed by atoms with Crippen LogP contribution >= 0.6 is 0 Å². The standard InChI is InChI=1S/C32H43N5O5S/c1-12-42-23-14-13-19(17-20(23)28-33-24-25(29(39)34-28)37(11)35-27(24)32(8,9)10)43(40,41)36-22-16-18(30(2,3)4)15-21(26(22)38)31(5,6)7/h13-17,36,38H,12H2,1-11H3,(H,33,34,39). The van der Waals surface area contributed by atoms with Crippen LogP contribution in [-0.2, 0) is 33.3 Å². The van der Waals surface area contributed by atoms with Crippen LogP contribution in [0.1, 0.15) is 86.1 Å². The highest BCUT2D eigenvalue weighted by Gasteiger charge is 2.29. The summed E-state index contributed by atoms with van der Waals surface area (Å²) in [7, 11) is -2.52. The van der Waals surface area contributed by atoms with Gasteiger partial charge in [-0.3, -0.25) is 14.2 Å². The minimum Gasteiger partial charge on any atom is -0.505 e. The van der Waals surface area contributed by atoms with Crippen LogP contribution in [0.5, 0.6) is 11.5 Å². The minimum absolute atomic E-state index is 0.0888. The SMILES string of the molecule is CCOc1ccc(S(=O)(=O)Nc2cc(C(C)(C)C)cc(C(C)(C)C)c2O)cc1-c1nc2c(C(C)(C)C)nn(C)c2c(=O)[nH]1. The van der Waals surface area contributed by atoms with E-state index in [1.54, 1.807) is 13.1 Å². The predicted octanol–water partition coefficient (Wildman–Crippen LogP) is 6.12. The smallest absolute Gasteiger partial charge is 0.277 e. The molecule has 0 atom stereocenters. The first kappa shape index (κ1) is 32.1. The topological polar surface area (TPSA) is 139 Å². The number of aromatic amines is 1. The van der Waals surface area contributed by atoms with Gasteiger partial charge in [-0.25, -0.2) is 13.4 Å². The third-order valence-corrected chi connectivity index (χ3v) is 8.61. The van der Waals surface area contributed by atoms with E-state index in [-0.39, 0.29) is 27.6 Å². The van der Waals surface area contributed by atoms with Crippen LogP contribution in [0.25, 0.3) is 22.4 Å². The molecule has 43 heavy (non-hydrogen) atoms. The molecule has 0 spiro atoms. The number of sulfonamides is 1. The highest BCUT2D eigenvalue weighted by atomic mass is 32.2. The molecule has 0 saturated carbocycles. The maximum Gasteiger partial charge on any atom is 0.277 e. The Kier molecular flexibility index (Phi) is 7.97. The summed E-state index contributed by atoms with van der Waals surface area (Å²) in [5, 5.41) is 15.7. The average molecular weight is 610 g/mol. The lowest BCUT2D eigenvalue weighted by Crippen LogP contribution is -2.19. The van der Waals surface area contributed by atoms with Crippen LogP contribution in [0.2, 0.25) is 0 Å². The quantitative estimate of drug-likeness (QED) is 0.224. The zero-order valence-electron chi connectivity index (χ0n) is 26.9. The van der Waals surface area contributed by atoms with Crippen molar-refractivity contribution in [2.45, 2.75) is 90.4 Å². The summed E-state index contributed by atoms with van der Waals surface area (Å²) in [4.78, 5) is 20.7. The van der Waals surface area contributed by atoms with Gasteiger partial charge >= 0.3 is 0 Å². The number of benzene rings is 2. The number of nitrogens with one attached hydrogen (secondary N) is 2. The number of aryl methyl sites for hydroxylation is 1. The molecule has 0 aliphatic rings. The molecule has 0 fully saturated rings. The fraction of sp³-hybridized carbons (Fsp3) is 0.469. The zero-order chi connectivity index (χ0) is 32.3. The van der Waals surface area contributed by atoms with Crippen molar-refractivity contribution in [1.29, 1.82) is 0 Å². The lowest BCUT2D eigenvalue weighted by Gasteiger charge is -2.27. The van der Waals surface area contributed by atoms with Crippen molar-refractivity contribution < 1.29 is 18.3 Å². The number of aromatic hydroxyl groups is 1. The summed E-state index contributed by atoms with van der Waals surface area (Å²) in [6.07, 6.45) is 0. The Morgan fingerprint density at radius 1 is 0.977 bits per heavy atom. The minimum atomic E-state index is -4.20. The summed E-state index contributed by atoms with van der Waals surface area (Å²) in [5.74, 6) is 0.389. The molecule has 2 aromatic carbocycles. The molecule has 0 bridgehead atoms. The van der Waals surface area contributed by atoms with Gasteiger partial charge in [-0.15, -0.1) is 0 Å². The highest BCUT2D eigenvalue weighted by molar-refractivity contribution is 7.92. The number of fused-ring (bicyclic) bond motifs is 1. The van der Waals surface area contributed by atoms with Crippen LogP contribution in [0.15, 0.2) is 40.0 Å². The second-order valence-electron chi connectivity index (χ2n) is 14.0. The molecule has 11 heteroatoms. The Labute approximate surface area is 253 Å². The van der Waals surface area contributed by atoms with Gasteiger partial charge in [-0.1, -0.05) is 68.4 Å². The summed E-state index contributed by atoms with van der Waals surface area (Å²) >= 11 is 0. The Morgan fingerprint density at radius 3 is 2.19 bits per heavy atom. The first-order valence-electron chi connectivity index (χ1n) is 14.3. The second-order valence-corrected chi connectivity index (χ2v) is 15.6. The number of phenolic OH excluding ortho intramolecular Hbond substituents is 1. The molecular weight excluding hydrogens is 566 g/mol. The largest absolute Gasteiger partial charge is 0.505 e. The van der Waals surface area contributed by atoms with Crippen LogP contribution in [0.3, 0.4) is 0 Å². The first-order chi connectivity index (χ1) is 19.6. The molecule has 4 rings (SSSR count). The lowest BCUT2D eigenvalue weighted by molar-refractivity contribution is 0.341. The van der Waals surface area contributed by atoms with E-state index in [2.05, 4.69) is 14.8 Å². The van der Waals surface area contributed by atoms with Gasteiger partial charge in [-0.2, -0.15) is 5.10 Å². The number of hydrogen-bond acceptors (Lipinski definition) is 7. The number of phenols is 1. The van der Waals surface area contributed by atoms with E-state index in [0.717, 1.165) is 5.56 Å². The van der Waals surface area contributed by atoms with Gasteiger partial charge in [0.1, 0.15) is 22.8 Å². The molecular formula is C32H43N5O5S. The van der Waals surface area contributed by atoms with Crippen molar-refractivity contribution in [3.63, 3.8) is 0 Å². The van der Waals surface area contributed by atoms with Gasteiger partial charge in [0.15, 0.2) is 5.52 Å². The fourth-order valence-corrected chi connectivity index (χ4v) is 5.96. The molecule has 232 valence electrons. The van der Waals surface area contributed by atoms with E-state index >= 15 is 0 Å². The summed E-state index contributed by atoms with van der Waals surface area (Å²) in [5.41, 5.74) is 1.75. The second kappa shape index (κ2) is 10.7. The number of H-pyrrole nitrogens is 1. The van der Waals surface area contributed by atoms with E-state index in [0.29, 0.717) is 40.2 Å². The van der Waals surface area contributed by atoms with Crippen molar-refractivity contribution in [3.05, 3.63) is 57.5 Å². The van der Waals surface area contributed by atoms with Crippen LogP contribution in [0, 0.1) is 0 Å². The molecule has 2 aromatic heterocycles. The molecule has 0 saturated heterocycles. The summed E-state index contributed by atoms with van der Waals surface area (Å²) < 4.78 is 37.6. The maximum absolute atomic E-state index is 13.8. The number of ether oxygens (including phenoxy) is 1. The number of anilines is 1. The molecule has 0 amide bonds. The number of hydrogen-bond donors (Lipinski definition) is 3. The molecule has 0 aliphatic heterocycles. The van der Waals surface area contributed by atoms with Crippen molar-refractivity contribution in [3.8, 4) is 22.9 Å². The number of nitrogens with zero attached hydrogens (tertiary/aromatic N) is 3. The van der Waals surface area contributed by atoms with Gasteiger partial charge in [0.25, 0.3) is 15.6 Å². The zero-order valence-corrected chi connectivity index (χ0v) is 27.7. The third kappa shape index (κ3) is 6.27. The highest BCUT2D eigenvalue weighted by Crippen LogP contribution is 2.41. The average Bonchev–Trinajstić information content (AvgIpc) is 3.21. The summed E-state index contributed by atoms with van der Waals surface area (Å²) in [6.45, 7) is 20.0. The van der Waals surface area contributed by atoms with Gasteiger partial charge in [0.05, 0.1) is 28.4 Å². The Balaban J connectivity index is 1.90.